The van der Waals surface area contributed by atoms with Crippen molar-refractivity contribution in [3.8, 4) is 0 Å². The second-order valence-corrected chi connectivity index (χ2v) is 9.17. The second kappa shape index (κ2) is 7.77. The Balaban J connectivity index is 1.49. The fourth-order valence-electron chi connectivity index (χ4n) is 3.48. The topological polar surface area (TPSA) is 66.5 Å². The smallest absolute Gasteiger partial charge is 0.261 e. The number of anilines is 1. The number of likely N-dealkylation sites (tertiary alicyclic amines) is 1. The number of sulfonamides is 1. The van der Waals surface area contributed by atoms with Crippen molar-refractivity contribution in [3.05, 3.63) is 82.6 Å². The first-order valence-electron chi connectivity index (χ1n) is 9.05. The van der Waals surface area contributed by atoms with Crippen molar-refractivity contribution in [3.63, 3.8) is 0 Å². The first-order valence-corrected chi connectivity index (χ1v) is 11.5. The molecule has 1 amide bonds. The van der Waals surface area contributed by atoms with Gasteiger partial charge in [-0.3, -0.25) is 9.52 Å². The van der Waals surface area contributed by atoms with Crippen LogP contribution in [0.25, 0.3) is 0 Å². The fraction of sp³-hybridized carbons (Fsp3) is 0.190. The van der Waals surface area contributed by atoms with Crippen molar-refractivity contribution in [2.75, 3.05) is 11.3 Å². The van der Waals surface area contributed by atoms with Crippen LogP contribution in [0.2, 0.25) is 0 Å². The third-order valence-corrected chi connectivity index (χ3v) is 6.98. The van der Waals surface area contributed by atoms with Gasteiger partial charge in [0, 0.05) is 17.8 Å². The van der Waals surface area contributed by atoms with E-state index in [0.29, 0.717) is 11.3 Å². The highest BCUT2D eigenvalue weighted by atomic mass is 32.2. The molecule has 1 atom stereocenters. The van der Waals surface area contributed by atoms with Crippen LogP contribution in [0.5, 0.6) is 0 Å². The zero-order chi connectivity index (χ0) is 19.6. The Labute approximate surface area is 168 Å². The van der Waals surface area contributed by atoms with Gasteiger partial charge in [0.15, 0.2) is 0 Å². The summed E-state index contributed by atoms with van der Waals surface area (Å²) < 4.78 is 27.4. The molecule has 0 radical (unpaired) electrons. The molecule has 28 heavy (non-hydrogen) atoms. The number of carbonyl (C=O) groups excluding carboxylic acids is 1. The van der Waals surface area contributed by atoms with Gasteiger partial charge < -0.3 is 4.90 Å². The van der Waals surface area contributed by atoms with Crippen molar-refractivity contribution in [2.24, 2.45) is 0 Å². The number of nitrogens with zero attached hydrogens (tertiary/aromatic N) is 1. The number of nitrogens with one attached hydrogen (secondary N) is 1. The highest BCUT2D eigenvalue weighted by molar-refractivity contribution is 7.92. The van der Waals surface area contributed by atoms with Gasteiger partial charge >= 0.3 is 0 Å². The second-order valence-electron chi connectivity index (χ2n) is 6.71. The molecule has 1 N–H and O–H groups in total. The maximum atomic E-state index is 13.0. The molecule has 1 fully saturated rings. The van der Waals surface area contributed by atoms with Gasteiger partial charge in [-0.2, -0.15) is 11.3 Å². The van der Waals surface area contributed by atoms with E-state index in [4.69, 9.17) is 0 Å². The molecule has 1 aliphatic rings. The van der Waals surface area contributed by atoms with Gasteiger partial charge in [0.1, 0.15) is 0 Å². The van der Waals surface area contributed by atoms with E-state index in [-0.39, 0.29) is 16.8 Å². The maximum Gasteiger partial charge on any atom is 0.261 e. The van der Waals surface area contributed by atoms with Crippen LogP contribution in [-0.2, 0) is 10.0 Å². The van der Waals surface area contributed by atoms with Gasteiger partial charge in [0.25, 0.3) is 15.9 Å². The van der Waals surface area contributed by atoms with Crippen LogP contribution in [0, 0.1) is 0 Å². The Morgan fingerprint density at radius 3 is 2.46 bits per heavy atom. The van der Waals surface area contributed by atoms with Crippen LogP contribution in [0.15, 0.2) is 76.3 Å². The molecule has 3 aromatic rings. The molecule has 0 aliphatic carbocycles. The Kier molecular flexibility index (Phi) is 5.19. The van der Waals surface area contributed by atoms with E-state index in [9.17, 15) is 13.2 Å². The molecular formula is C21H20N2O3S2. The summed E-state index contributed by atoms with van der Waals surface area (Å²) in [7, 11) is -3.64. The Hall–Kier alpha value is -2.64. The maximum absolute atomic E-state index is 13.0. The van der Waals surface area contributed by atoms with Crippen LogP contribution in [0.1, 0.15) is 34.8 Å². The van der Waals surface area contributed by atoms with Gasteiger partial charge in [0.05, 0.1) is 10.9 Å². The lowest BCUT2D eigenvalue weighted by Gasteiger charge is -2.24. The highest BCUT2D eigenvalue weighted by Gasteiger charge is 2.30. The normalized spacial score (nSPS) is 16.9. The van der Waals surface area contributed by atoms with Gasteiger partial charge in [-0.1, -0.05) is 18.2 Å². The lowest BCUT2D eigenvalue weighted by molar-refractivity contribution is 0.0736. The lowest BCUT2D eigenvalue weighted by atomic mass is 10.1. The number of carbonyl (C=O) groups is 1. The minimum atomic E-state index is -3.64. The van der Waals surface area contributed by atoms with E-state index in [2.05, 4.69) is 16.2 Å². The third kappa shape index (κ3) is 3.81. The first kappa shape index (κ1) is 18.7. The molecule has 5 nitrogen and oxygen atoms in total. The minimum Gasteiger partial charge on any atom is -0.332 e. The van der Waals surface area contributed by atoms with Gasteiger partial charge in [-0.15, -0.1) is 0 Å². The van der Waals surface area contributed by atoms with E-state index in [1.165, 1.54) is 17.7 Å². The largest absolute Gasteiger partial charge is 0.332 e. The molecule has 1 saturated heterocycles. The van der Waals surface area contributed by atoms with Crippen LogP contribution in [0.4, 0.5) is 5.69 Å². The molecule has 0 bridgehead atoms. The number of thiophene rings is 1. The Bertz CT molecular complexity index is 1050. The molecule has 1 unspecified atom stereocenters. The summed E-state index contributed by atoms with van der Waals surface area (Å²) in [4.78, 5) is 15.1. The number of rotatable bonds is 5. The van der Waals surface area contributed by atoms with Gasteiger partial charge in [0.2, 0.25) is 0 Å². The molecular weight excluding hydrogens is 392 g/mol. The molecule has 0 saturated carbocycles. The van der Waals surface area contributed by atoms with E-state index < -0.39 is 10.0 Å². The van der Waals surface area contributed by atoms with Crippen LogP contribution < -0.4 is 4.72 Å². The zero-order valence-corrected chi connectivity index (χ0v) is 16.7. The number of hydrogen-bond acceptors (Lipinski definition) is 4. The minimum absolute atomic E-state index is 0.0221. The quantitative estimate of drug-likeness (QED) is 0.670. The molecule has 0 spiro atoms. The van der Waals surface area contributed by atoms with Gasteiger partial charge in [-0.05, 0) is 71.6 Å². The summed E-state index contributed by atoms with van der Waals surface area (Å²) in [6.07, 6.45) is 1.96. The molecule has 7 heteroatoms. The number of amides is 1. The van der Waals surface area contributed by atoms with E-state index in [1.807, 2.05) is 10.3 Å². The number of hydrogen-bond donors (Lipinski definition) is 1. The monoisotopic (exact) mass is 412 g/mol. The summed E-state index contributed by atoms with van der Waals surface area (Å²) in [6, 6.07) is 17.0. The lowest BCUT2D eigenvalue weighted by Crippen LogP contribution is -2.30. The van der Waals surface area contributed by atoms with Gasteiger partial charge in [-0.25, -0.2) is 8.42 Å². The Morgan fingerprint density at radius 2 is 1.79 bits per heavy atom. The van der Waals surface area contributed by atoms with Crippen molar-refractivity contribution >= 4 is 33.0 Å². The van der Waals surface area contributed by atoms with E-state index in [0.717, 1.165) is 19.4 Å². The summed E-state index contributed by atoms with van der Waals surface area (Å²) in [5.41, 5.74) is 2.17. The molecule has 4 rings (SSSR count). The van der Waals surface area contributed by atoms with E-state index in [1.54, 1.807) is 53.8 Å². The number of benzene rings is 2. The summed E-state index contributed by atoms with van der Waals surface area (Å²) in [6.45, 7) is 0.738. The predicted molar refractivity (Wildman–Crippen MR) is 111 cm³/mol. The fourth-order valence-corrected chi connectivity index (χ4v) is 5.27. The van der Waals surface area contributed by atoms with Crippen LogP contribution >= 0.6 is 11.3 Å². The molecule has 2 aromatic carbocycles. The van der Waals surface area contributed by atoms with Crippen LogP contribution in [-0.4, -0.2) is 25.8 Å². The Morgan fingerprint density at radius 1 is 1.04 bits per heavy atom. The summed E-state index contributed by atoms with van der Waals surface area (Å²) in [5, 5.41) is 4.13. The third-order valence-electron chi connectivity index (χ3n) is 4.88. The standard InChI is InChI=1S/C21H20N2O3S2/c24-21(23-13-4-7-20(23)17-12-14-27-15-17)16-8-10-18(11-9-16)22-28(25,26)19-5-2-1-3-6-19/h1-3,5-6,8-12,14-15,20,22H,4,7,13H2. The molecule has 144 valence electrons. The average Bonchev–Trinajstić information content (AvgIpc) is 3.40. The van der Waals surface area contributed by atoms with Crippen molar-refractivity contribution < 1.29 is 13.2 Å². The SMILES string of the molecule is O=C(c1ccc(NS(=O)(=O)c2ccccc2)cc1)N1CCCC1c1ccsc1. The summed E-state index contributed by atoms with van der Waals surface area (Å²) in [5.74, 6) is -0.0221. The first-order chi connectivity index (χ1) is 13.5. The average molecular weight is 413 g/mol. The molecule has 1 aromatic heterocycles. The highest BCUT2D eigenvalue weighted by Crippen LogP contribution is 2.34. The summed E-state index contributed by atoms with van der Waals surface area (Å²) >= 11 is 1.64. The van der Waals surface area contributed by atoms with Crippen LogP contribution in [0.3, 0.4) is 0 Å². The zero-order valence-electron chi connectivity index (χ0n) is 15.1. The van der Waals surface area contributed by atoms with Crippen molar-refractivity contribution in [1.29, 1.82) is 0 Å². The van der Waals surface area contributed by atoms with Crippen molar-refractivity contribution in [1.82, 2.24) is 4.90 Å². The molecule has 1 aliphatic heterocycles. The van der Waals surface area contributed by atoms with Crippen molar-refractivity contribution in [2.45, 2.75) is 23.8 Å². The van der Waals surface area contributed by atoms with E-state index >= 15 is 0 Å². The predicted octanol–water partition coefficient (Wildman–Crippen LogP) is 4.53. The molecule has 2 heterocycles.